The van der Waals surface area contributed by atoms with Crippen molar-refractivity contribution in [2.45, 2.75) is 19.3 Å². The summed E-state index contributed by atoms with van der Waals surface area (Å²) in [6, 6.07) is 2.11. The van der Waals surface area contributed by atoms with Gasteiger partial charge in [-0.1, -0.05) is 0 Å². The molecule has 1 heterocycles. The number of hydrogen-bond acceptors (Lipinski definition) is 4. The Morgan fingerprint density at radius 2 is 2.33 bits per heavy atom. The molecule has 0 aliphatic carbocycles. The molecule has 0 amide bonds. The molecule has 4 heteroatoms. The van der Waals surface area contributed by atoms with Gasteiger partial charge in [0.25, 0.3) is 0 Å². The molecule has 0 aliphatic rings. The lowest BCUT2D eigenvalue weighted by Crippen LogP contribution is -2.12. The molecular formula is C8H7N2OS. The third-order valence-corrected chi connectivity index (χ3v) is 2.64. The second-order valence-corrected chi connectivity index (χ2v) is 3.90. The highest BCUT2D eigenvalue weighted by Gasteiger charge is 2.23. The average Bonchev–Trinajstić information content (AvgIpc) is 2.52. The van der Waals surface area contributed by atoms with Crippen LogP contribution in [0.15, 0.2) is 6.20 Å². The van der Waals surface area contributed by atoms with Crippen LogP contribution in [-0.4, -0.2) is 11.3 Å². The van der Waals surface area contributed by atoms with E-state index in [4.69, 9.17) is 5.26 Å². The summed E-state index contributed by atoms with van der Waals surface area (Å²) in [5.41, 5.74) is -0.611. The van der Waals surface area contributed by atoms with E-state index in [0.717, 1.165) is 0 Å². The standard InChI is InChI=1S/C8H7N2OS/c1-8(2,5-9)7-10-3-6(4-11)12-7/h3H,1-2H3. The molecule has 0 bridgehead atoms. The molecule has 12 heavy (non-hydrogen) atoms. The summed E-state index contributed by atoms with van der Waals surface area (Å²) >= 11 is 1.21. The SMILES string of the molecule is CC(C)(C#N)c1ncc([C]=O)s1. The van der Waals surface area contributed by atoms with E-state index in [9.17, 15) is 4.79 Å². The van der Waals surface area contributed by atoms with Crippen LogP contribution in [0.25, 0.3) is 0 Å². The van der Waals surface area contributed by atoms with E-state index in [1.54, 1.807) is 20.1 Å². The van der Waals surface area contributed by atoms with Crippen LogP contribution in [0.3, 0.4) is 0 Å². The van der Waals surface area contributed by atoms with Gasteiger partial charge in [0, 0.05) is 6.20 Å². The maximum Gasteiger partial charge on any atom is 0.245 e. The molecule has 1 aromatic rings. The van der Waals surface area contributed by atoms with Gasteiger partial charge in [-0.05, 0) is 13.8 Å². The van der Waals surface area contributed by atoms with Gasteiger partial charge >= 0.3 is 0 Å². The summed E-state index contributed by atoms with van der Waals surface area (Å²) in [7, 11) is 0. The molecule has 1 aromatic heterocycles. The quantitative estimate of drug-likeness (QED) is 0.689. The smallest absolute Gasteiger partial charge is 0.245 e. The fraction of sp³-hybridized carbons (Fsp3) is 0.375. The summed E-state index contributed by atoms with van der Waals surface area (Å²) in [6.07, 6.45) is 3.18. The summed E-state index contributed by atoms with van der Waals surface area (Å²) < 4.78 is 0. The predicted molar refractivity (Wildman–Crippen MR) is 45.5 cm³/mol. The zero-order valence-electron chi connectivity index (χ0n) is 6.79. The third kappa shape index (κ3) is 1.51. The molecular weight excluding hydrogens is 172 g/mol. The first-order valence-corrected chi connectivity index (χ1v) is 4.17. The minimum absolute atomic E-state index is 0.438. The molecule has 1 radical (unpaired) electrons. The minimum atomic E-state index is -0.611. The molecule has 0 aromatic carbocycles. The lowest BCUT2D eigenvalue weighted by molar-refractivity contribution is 0.563. The van der Waals surface area contributed by atoms with Crippen molar-refractivity contribution < 1.29 is 4.79 Å². The Kier molecular flexibility index (Phi) is 2.25. The van der Waals surface area contributed by atoms with Crippen molar-refractivity contribution in [2.75, 3.05) is 0 Å². The highest BCUT2D eigenvalue weighted by atomic mass is 32.1. The van der Waals surface area contributed by atoms with Crippen molar-refractivity contribution >= 4 is 17.6 Å². The third-order valence-electron chi connectivity index (χ3n) is 1.42. The van der Waals surface area contributed by atoms with Gasteiger partial charge < -0.3 is 0 Å². The van der Waals surface area contributed by atoms with Gasteiger partial charge in [-0.2, -0.15) is 5.26 Å². The van der Waals surface area contributed by atoms with Gasteiger partial charge in [0.15, 0.2) is 0 Å². The van der Waals surface area contributed by atoms with Gasteiger partial charge in [0.2, 0.25) is 6.29 Å². The van der Waals surface area contributed by atoms with Crippen LogP contribution in [0.5, 0.6) is 0 Å². The van der Waals surface area contributed by atoms with Crippen molar-refractivity contribution in [3.05, 3.63) is 16.1 Å². The zero-order chi connectivity index (χ0) is 9.19. The monoisotopic (exact) mass is 179 g/mol. The summed E-state index contributed by atoms with van der Waals surface area (Å²) in [6.45, 7) is 3.53. The second-order valence-electron chi connectivity index (χ2n) is 2.87. The number of nitrogens with zero attached hydrogens (tertiary/aromatic N) is 2. The maximum absolute atomic E-state index is 10.2. The highest BCUT2D eigenvalue weighted by Crippen LogP contribution is 2.25. The van der Waals surface area contributed by atoms with Crippen LogP contribution in [-0.2, 0) is 10.2 Å². The molecule has 0 unspecified atom stereocenters. The Balaban J connectivity index is 3.05. The van der Waals surface area contributed by atoms with E-state index in [2.05, 4.69) is 11.1 Å². The molecule has 0 atom stereocenters. The summed E-state index contributed by atoms with van der Waals surface area (Å²) in [4.78, 5) is 14.6. The van der Waals surface area contributed by atoms with Crippen molar-refractivity contribution in [2.24, 2.45) is 0 Å². The average molecular weight is 179 g/mol. The summed E-state index contributed by atoms with van der Waals surface area (Å²) in [5, 5.41) is 9.40. The minimum Gasteiger partial charge on any atom is -0.284 e. The first-order chi connectivity index (χ1) is 5.60. The van der Waals surface area contributed by atoms with E-state index >= 15 is 0 Å². The van der Waals surface area contributed by atoms with Gasteiger partial charge in [-0.25, -0.2) is 4.98 Å². The normalized spacial score (nSPS) is 10.8. The summed E-state index contributed by atoms with van der Waals surface area (Å²) in [5.74, 6) is 0. The van der Waals surface area contributed by atoms with Gasteiger partial charge in [-0.15, -0.1) is 11.3 Å². The fourth-order valence-corrected chi connectivity index (χ4v) is 1.42. The van der Waals surface area contributed by atoms with Crippen LogP contribution in [0.2, 0.25) is 0 Å². The number of aromatic nitrogens is 1. The van der Waals surface area contributed by atoms with Crippen LogP contribution >= 0.6 is 11.3 Å². The molecule has 0 fully saturated rings. The van der Waals surface area contributed by atoms with E-state index in [1.165, 1.54) is 17.5 Å². The largest absolute Gasteiger partial charge is 0.284 e. The molecule has 0 N–H and O–H groups in total. The molecule has 3 nitrogen and oxygen atoms in total. The van der Waals surface area contributed by atoms with Gasteiger partial charge in [0.1, 0.15) is 10.4 Å². The van der Waals surface area contributed by atoms with Crippen molar-refractivity contribution in [3.63, 3.8) is 0 Å². The van der Waals surface area contributed by atoms with Crippen molar-refractivity contribution in [1.82, 2.24) is 4.98 Å². The Hall–Kier alpha value is -1.21. The maximum atomic E-state index is 10.2. The topological polar surface area (TPSA) is 53.8 Å². The molecule has 61 valence electrons. The zero-order valence-corrected chi connectivity index (χ0v) is 7.60. The first-order valence-electron chi connectivity index (χ1n) is 3.36. The van der Waals surface area contributed by atoms with Gasteiger partial charge in [-0.3, -0.25) is 4.79 Å². The Morgan fingerprint density at radius 3 is 2.75 bits per heavy atom. The van der Waals surface area contributed by atoms with E-state index in [-0.39, 0.29) is 0 Å². The predicted octanol–water partition coefficient (Wildman–Crippen LogP) is 1.40. The second kappa shape index (κ2) is 3.03. The Bertz CT molecular complexity index is 335. The number of rotatable bonds is 2. The number of hydrogen-bond donors (Lipinski definition) is 0. The van der Waals surface area contributed by atoms with E-state index in [0.29, 0.717) is 9.88 Å². The molecule has 0 aliphatic heterocycles. The first kappa shape index (κ1) is 8.88. The van der Waals surface area contributed by atoms with Crippen LogP contribution in [0.1, 0.15) is 23.7 Å². The van der Waals surface area contributed by atoms with Crippen molar-refractivity contribution in [3.8, 4) is 6.07 Å². The van der Waals surface area contributed by atoms with Gasteiger partial charge in [0.05, 0.1) is 10.9 Å². The molecule has 0 saturated carbocycles. The van der Waals surface area contributed by atoms with Crippen LogP contribution in [0.4, 0.5) is 0 Å². The lowest BCUT2D eigenvalue weighted by atomic mass is 9.97. The fourth-order valence-electron chi connectivity index (χ4n) is 0.658. The highest BCUT2D eigenvalue weighted by molar-refractivity contribution is 7.13. The number of carbonyl (C=O) groups excluding carboxylic acids is 1. The van der Waals surface area contributed by atoms with Crippen LogP contribution in [0, 0.1) is 11.3 Å². The molecule has 0 spiro atoms. The Morgan fingerprint density at radius 1 is 1.67 bits per heavy atom. The van der Waals surface area contributed by atoms with Crippen molar-refractivity contribution in [1.29, 1.82) is 5.26 Å². The van der Waals surface area contributed by atoms with E-state index in [1.807, 2.05) is 0 Å². The number of thiazole rings is 1. The van der Waals surface area contributed by atoms with Crippen LogP contribution < -0.4 is 0 Å². The molecule has 1 rings (SSSR count). The number of nitriles is 1. The molecule has 0 saturated heterocycles. The van der Waals surface area contributed by atoms with E-state index < -0.39 is 5.41 Å². The lowest BCUT2D eigenvalue weighted by Gasteiger charge is -2.09. The Labute approximate surface area is 74.7 Å².